The maximum atomic E-state index is 6.26. The highest BCUT2D eigenvalue weighted by Gasteiger charge is 2.23. The molecule has 0 atom stereocenters. The Balaban J connectivity index is 0.940. The Kier molecular flexibility index (Phi) is 10.0. The second kappa shape index (κ2) is 14.7. The van der Waals surface area contributed by atoms with E-state index in [0.717, 1.165) is 81.4 Å². The molecule has 2 N–H and O–H groups in total. The number of hydrogen-bond donors (Lipinski definition) is 2. The van der Waals surface area contributed by atoms with Crippen LogP contribution in [0, 0.1) is 23.7 Å². The third kappa shape index (κ3) is 8.04. The molecule has 2 saturated carbocycles. The van der Waals surface area contributed by atoms with Gasteiger partial charge in [-0.15, -0.1) is 0 Å². The van der Waals surface area contributed by atoms with Crippen LogP contribution >= 0.6 is 0 Å². The molecule has 0 spiro atoms. The van der Waals surface area contributed by atoms with E-state index < -0.39 is 0 Å². The lowest BCUT2D eigenvalue weighted by Crippen LogP contribution is -2.27. The first-order chi connectivity index (χ1) is 23.3. The van der Waals surface area contributed by atoms with Crippen LogP contribution in [0.1, 0.15) is 51.4 Å². The molecule has 3 aromatic carbocycles. The molecule has 254 valence electrons. The van der Waals surface area contributed by atoms with Crippen LogP contribution in [0.3, 0.4) is 0 Å². The van der Waals surface area contributed by atoms with E-state index in [2.05, 4.69) is 96.5 Å². The molecule has 2 heterocycles. The summed E-state index contributed by atoms with van der Waals surface area (Å²) in [5, 5.41) is 0. The summed E-state index contributed by atoms with van der Waals surface area (Å²) in [5.41, 5.74) is 5.95. The van der Waals surface area contributed by atoms with Gasteiger partial charge in [-0.3, -0.25) is 0 Å². The first kappa shape index (κ1) is 32.7. The molecule has 0 saturated heterocycles. The van der Waals surface area contributed by atoms with Gasteiger partial charge in [0, 0.05) is 36.3 Å². The fourth-order valence-corrected chi connectivity index (χ4v) is 7.84. The zero-order valence-corrected chi connectivity index (χ0v) is 29.2. The molecule has 2 fully saturated rings. The molecule has 7 rings (SSSR count). The van der Waals surface area contributed by atoms with E-state index in [1.807, 2.05) is 12.1 Å². The molecule has 5 aromatic rings. The van der Waals surface area contributed by atoms with Gasteiger partial charge in [-0.1, -0.05) is 24.3 Å². The van der Waals surface area contributed by atoms with Gasteiger partial charge in [0.1, 0.15) is 23.1 Å². The average molecular weight is 649 g/mol. The number of aromatic amines is 2. The van der Waals surface area contributed by atoms with Gasteiger partial charge in [-0.05, 0) is 127 Å². The normalized spacial score (nSPS) is 21.8. The highest BCUT2D eigenvalue weighted by atomic mass is 16.5. The summed E-state index contributed by atoms with van der Waals surface area (Å²) in [6, 6.07) is 20.8. The first-order valence-corrected chi connectivity index (χ1v) is 18.0. The van der Waals surface area contributed by atoms with Crippen molar-refractivity contribution in [2.45, 2.75) is 51.4 Å². The Morgan fingerprint density at radius 1 is 0.542 bits per heavy atom. The number of fused-ring (bicyclic) bond motifs is 2. The van der Waals surface area contributed by atoms with Gasteiger partial charge in [0.05, 0.1) is 35.3 Å². The number of rotatable bonds is 12. The van der Waals surface area contributed by atoms with E-state index in [9.17, 15) is 0 Å². The Morgan fingerprint density at radius 3 is 1.29 bits per heavy atom. The minimum atomic E-state index is 0.644. The Hall–Kier alpha value is -3.88. The van der Waals surface area contributed by atoms with E-state index in [4.69, 9.17) is 19.4 Å². The molecular weight excluding hydrogens is 596 g/mol. The lowest BCUT2D eigenvalue weighted by molar-refractivity contribution is 0.166. The molecule has 8 heteroatoms. The zero-order valence-electron chi connectivity index (χ0n) is 29.2. The van der Waals surface area contributed by atoms with Crippen molar-refractivity contribution in [3.8, 4) is 34.3 Å². The SMILES string of the molecule is CN(C)C[C@H]1CC[C@H](COc2ccc3nc(-c4ccc(-c5nc6ccc(OC[C@H]7CC[C@H](CN(C)C)CC7)cc6[nH]5)cc4)[nH]c3c2)CC1. The van der Waals surface area contributed by atoms with Crippen molar-refractivity contribution in [3.63, 3.8) is 0 Å². The van der Waals surface area contributed by atoms with E-state index >= 15 is 0 Å². The van der Waals surface area contributed by atoms with Crippen LogP contribution in [0.4, 0.5) is 0 Å². The van der Waals surface area contributed by atoms with Gasteiger partial charge in [0.15, 0.2) is 0 Å². The smallest absolute Gasteiger partial charge is 0.138 e. The van der Waals surface area contributed by atoms with E-state index in [-0.39, 0.29) is 0 Å². The standard InChI is InChI=1S/C40H52N6O2/c1-45(2)23-27-5-9-29(10-6-27)25-47-33-17-19-35-37(21-33)43-39(41-35)31-13-15-32(16-14-31)40-42-36-20-18-34(22-38(36)44-40)48-26-30-11-7-28(8-12-30)24-46(3)4/h13-22,27-30H,5-12,23-26H2,1-4H3,(H,41,43)(H,42,44)/t27-,28-,29-,30-. The molecule has 48 heavy (non-hydrogen) atoms. The number of imidazole rings is 2. The summed E-state index contributed by atoms with van der Waals surface area (Å²) in [6.07, 6.45) is 10.2. The predicted octanol–water partition coefficient (Wildman–Crippen LogP) is 8.27. The number of benzene rings is 3. The fraction of sp³-hybridized carbons (Fsp3) is 0.500. The average Bonchev–Trinajstić information content (AvgIpc) is 3.71. The number of H-pyrrole nitrogens is 2. The van der Waals surface area contributed by atoms with Crippen LogP contribution in [-0.2, 0) is 0 Å². The summed E-state index contributed by atoms with van der Waals surface area (Å²) in [6.45, 7) is 3.98. The molecule has 2 aromatic heterocycles. The molecule has 8 nitrogen and oxygen atoms in total. The Morgan fingerprint density at radius 2 is 0.917 bits per heavy atom. The van der Waals surface area contributed by atoms with Gasteiger partial charge in [0.25, 0.3) is 0 Å². The highest BCUT2D eigenvalue weighted by molar-refractivity contribution is 5.82. The molecule has 2 aliphatic rings. The number of nitrogens with zero attached hydrogens (tertiary/aromatic N) is 4. The van der Waals surface area contributed by atoms with Gasteiger partial charge < -0.3 is 29.2 Å². The quantitative estimate of drug-likeness (QED) is 0.142. The van der Waals surface area contributed by atoms with Crippen LogP contribution in [0.25, 0.3) is 44.8 Å². The molecule has 0 radical (unpaired) electrons. The van der Waals surface area contributed by atoms with Crippen molar-refractivity contribution < 1.29 is 9.47 Å². The Bertz CT molecular complexity index is 1640. The van der Waals surface area contributed by atoms with Crippen molar-refractivity contribution in [3.05, 3.63) is 60.7 Å². The number of nitrogens with one attached hydrogen (secondary N) is 2. The van der Waals surface area contributed by atoms with Crippen molar-refractivity contribution in [2.75, 3.05) is 54.5 Å². The maximum absolute atomic E-state index is 6.26. The van der Waals surface area contributed by atoms with Crippen molar-refractivity contribution in [1.82, 2.24) is 29.7 Å². The monoisotopic (exact) mass is 648 g/mol. The minimum absolute atomic E-state index is 0.644. The number of ether oxygens (including phenoxy) is 2. The van der Waals surface area contributed by atoms with Crippen molar-refractivity contribution in [2.24, 2.45) is 23.7 Å². The van der Waals surface area contributed by atoms with E-state index in [1.54, 1.807) is 0 Å². The third-order valence-corrected chi connectivity index (χ3v) is 10.5. The van der Waals surface area contributed by atoms with Crippen LogP contribution in [0.2, 0.25) is 0 Å². The second-order valence-corrected chi connectivity index (χ2v) is 15.0. The molecular formula is C40H52N6O2. The maximum Gasteiger partial charge on any atom is 0.138 e. The summed E-state index contributed by atoms with van der Waals surface area (Å²) >= 11 is 0. The topological polar surface area (TPSA) is 82.3 Å². The van der Waals surface area contributed by atoms with Crippen LogP contribution in [0.5, 0.6) is 11.5 Å². The summed E-state index contributed by atoms with van der Waals surface area (Å²) in [5.74, 6) is 6.46. The van der Waals surface area contributed by atoms with E-state index in [0.29, 0.717) is 11.8 Å². The van der Waals surface area contributed by atoms with Gasteiger partial charge in [-0.2, -0.15) is 0 Å². The lowest BCUT2D eigenvalue weighted by Gasteiger charge is -2.30. The minimum Gasteiger partial charge on any atom is -0.493 e. The van der Waals surface area contributed by atoms with E-state index in [1.165, 1.54) is 64.5 Å². The molecule has 0 bridgehead atoms. The van der Waals surface area contributed by atoms with Gasteiger partial charge in [-0.25, -0.2) is 9.97 Å². The van der Waals surface area contributed by atoms with Crippen LogP contribution < -0.4 is 9.47 Å². The molecule has 2 aliphatic carbocycles. The Labute approximate surface area is 285 Å². The van der Waals surface area contributed by atoms with Crippen LogP contribution in [0.15, 0.2) is 60.7 Å². The summed E-state index contributed by atoms with van der Waals surface area (Å²) in [4.78, 5) is 21.4. The highest BCUT2D eigenvalue weighted by Crippen LogP contribution is 2.32. The second-order valence-electron chi connectivity index (χ2n) is 15.0. The number of aromatic nitrogens is 4. The number of hydrogen-bond acceptors (Lipinski definition) is 6. The van der Waals surface area contributed by atoms with Crippen molar-refractivity contribution in [1.29, 1.82) is 0 Å². The van der Waals surface area contributed by atoms with Crippen molar-refractivity contribution >= 4 is 22.1 Å². The molecule has 0 amide bonds. The first-order valence-electron chi connectivity index (χ1n) is 18.0. The fourth-order valence-electron chi connectivity index (χ4n) is 7.84. The summed E-state index contributed by atoms with van der Waals surface area (Å²) < 4.78 is 12.5. The zero-order chi connectivity index (χ0) is 33.0. The van der Waals surface area contributed by atoms with Gasteiger partial charge >= 0.3 is 0 Å². The van der Waals surface area contributed by atoms with Gasteiger partial charge in [0.2, 0.25) is 0 Å². The van der Waals surface area contributed by atoms with Crippen LogP contribution in [-0.4, -0.2) is 84.2 Å². The lowest BCUT2D eigenvalue weighted by atomic mass is 9.82. The summed E-state index contributed by atoms with van der Waals surface area (Å²) in [7, 11) is 8.70. The largest absolute Gasteiger partial charge is 0.493 e. The molecule has 0 unspecified atom stereocenters. The predicted molar refractivity (Wildman–Crippen MR) is 196 cm³/mol. The third-order valence-electron chi connectivity index (χ3n) is 10.5. The molecule has 0 aliphatic heterocycles.